The van der Waals surface area contributed by atoms with Gasteiger partial charge >= 0.3 is 21.8 Å². The third-order valence-corrected chi connectivity index (χ3v) is 0. The van der Waals surface area contributed by atoms with Crippen molar-refractivity contribution in [2.75, 3.05) is 0 Å². The molecule has 0 saturated carbocycles. The largest absolute Gasteiger partial charge is 0 e. The van der Waals surface area contributed by atoms with Crippen LogP contribution in [0.5, 0.6) is 0 Å². The molecule has 0 atom stereocenters. The Labute approximate surface area is 75.2 Å². The van der Waals surface area contributed by atoms with E-state index in [9.17, 15) is 0 Å². The van der Waals surface area contributed by atoms with Gasteiger partial charge < -0.3 is 5.11 Å². The molecule has 5 heteroatoms. The quantitative estimate of drug-likeness (QED) is 0.602. The first kappa shape index (κ1) is 15.7. The zero-order valence-corrected chi connectivity index (χ0v) is 11.1. The van der Waals surface area contributed by atoms with Crippen molar-refractivity contribution in [3.05, 3.63) is 0 Å². The number of aliphatic carboxylic acids is 1. The molecule has 0 aliphatic carbocycles. The van der Waals surface area contributed by atoms with Gasteiger partial charge in [-0.05, 0) is 0 Å². The van der Waals surface area contributed by atoms with Crippen LogP contribution < -0.4 is 0 Å². The van der Waals surface area contributed by atoms with E-state index in [4.69, 9.17) is 13.5 Å². The maximum Gasteiger partial charge on any atom is 0 e. The minimum absolute atomic E-state index is 0. The van der Waals surface area contributed by atoms with Gasteiger partial charge in [0.1, 0.15) is 0 Å². The Balaban J connectivity index is -0.0000000480. The Hall–Kier alpha value is 0.945. The molecule has 0 amide bonds. The van der Waals surface area contributed by atoms with Gasteiger partial charge in [-0.2, -0.15) is 0 Å². The number of carboxylic acids is 1. The standard InChI is InChI=1S/C2H4O2.O.U.Zn/c1-2(3)4;;;/h1H3,(H,3,4);;;. The molecule has 0 unspecified atom stereocenters. The molecule has 36 valence electrons. The van der Waals surface area contributed by atoms with Crippen molar-refractivity contribution in [3.63, 3.8) is 0 Å². The van der Waals surface area contributed by atoms with Gasteiger partial charge in [0.05, 0.1) is 0 Å². The van der Waals surface area contributed by atoms with Gasteiger partial charge in [0.15, 0.2) is 0 Å². The summed E-state index contributed by atoms with van der Waals surface area (Å²) >= 11 is 0.125. The predicted octanol–water partition coefficient (Wildman–Crippen LogP) is -0.0304. The Bertz CT molecular complexity index is 44.2. The summed E-state index contributed by atoms with van der Waals surface area (Å²) in [6.45, 7) is 1.08. The van der Waals surface area contributed by atoms with Crippen molar-refractivity contribution >= 4 is 5.97 Å². The predicted molar refractivity (Wildman–Crippen MR) is 14.0 cm³/mol. The van der Waals surface area contributed by atoms with E-state index in [0.29, 0.717) is 0 Å². The monoisotopic (exact) mass is 378 g/mol. The van der Waals surface area contributed by atoms with Gasteiger partial charge in [0.2, 0.25) is 0 Å². The first-order valence-corrected chi connectivity index (χ1v) is 2.43. The Morgan fingerprint density at radius 3 is 1.57 bits per heavy atom. The summed E-state index contributed by atoms with van der Waals surface area (Å²) < 4.78 is 8.38. The van der Waals surface area contributed by atoms with Crippen molar-refractivity contribution in [1.82, 2.24) is 0 Å². The van der Waals surface area contributed by atoms with E-state index < -0.39 is 5.97 Å². The van der Waals surface area contributed by atoms with Crippen LogP contribution in [0.1, 0.15) is 6.92 Å². The van der Waals surface area contributed by atoms with Crippen molar-refractivity contribution in [1.29, 1.82) is 0 Å². The Kier molecular flexibility index (Phi) is 35.3. The molecule has 7 heavy (non-hydrogen) atoms. The summed E-state index contributed by atoms with van der Waals surface area (Å²) in [6.07, 6.45) is 0. The number of carboxylic acid groups (broad SMARTS) is 1. The van der Waals surface area contributed by atoms with Gasteiger partial charge in [-0.1, -0.05) is 0 Å². The Morgan fingerprint density at radius 1 is 1.57 bits per heavy atom. The molecule has 0 heterocycles. The maximum atomic E-state index is 9.00. The van der Waals surface area contributed by atoms with Gasteiger partial charge in [-0.15, -0.1) is 0 Å². The third-order valence-electron chi connectivity index (χ3n) is 0. The van der Waals surface area contributed by atoms with Gasteiger partial charge in [-0.3, -0.25) is 4.79 Å². The molecule has 0 aliphatic heterocycles. The van der Waals surface area contributed by atoms with E-state index in [0.717, 1.165) is 6.92 Å². The normalized spacial score (nSPS) is 4.43. The van der Waals surface area contributed by atoms with E-state index in [1.807, 2.05) is 0 Å². The van der Waals surface area contributed by atoms with Crippen LogP contribution in [0.2, 0.25) is 0 Å². The van der Waals surface area contributed by atoms with Crippen LogP contribution >= 0.6 is 0 Å². The van der Waals surface area contributed by atoms with Crippen LogP contribution in [0.4, 0.5) is 0 Å². The van der Waals surface area contributed by atoms with E-state index >= 15 is 0 Å². The molecule has 0 spiro atoms. The molecule has 0 bridgehead atoms. The molecule has 0 aromatic carbocycles. The molecule has 0 rings (SSSR count). The number of hydrogen-bond donors (Lipinski definition) is 1. The minimum atomic E-state index is -0.833. The Morgan fingerprint density at radius 2 is 1.57 bits per heavy atom. The molecule has 0 aromatic heterocycles. The smallest absolute Gasteiger partial charge is 0 e. The second kappa shape index (κ2) is 15.8. The molecule has 0 radical (unpaired) electrons. The average molecular weight is 379 g/mol. The van der Waals surface area contributed by atoms with Crippen LogP contribution in [-0.4, -0.2) is 11.1 Å². The van der Waals surface area contributed by atoms with Crippen molar-refractivity contribution in [2.24, 2.45) is 0 Å². The summed E-state index contributed by atoms with van der Waals surface area (Å²) in [5.74, 6) is -0.833. The molecule has 0 fully saturated rings. The second-order valence-electron chi connectivity index (χ2n) is 0.519. The first-order valence-electron chi connectivity index (χ1n) is 1.22. The average Bonchev–Trinajstić information content (AvgIpc) is 1.41. The topological polar surface area (TPSA) is 54.4 Å². The maximum absolute atomic E-state index is 9.00. The summed E-state index contributed by atoms with van der Waals surface area (Å²) in [7, 11) is 0. The van der Waals surface area contributed by atoms with Crippen LogP contribution in [0.15, 0.2) is 0 Å². The SMILES string of the molecule is CC(=O)O.[O]=[Zn].[U]. The fraction of sp³-hybridized carbons (Fsp3) is 0.500. The number of carbonyl (C=O) groups is 1. The van der Waals surface area contributed by atoms with E-state index in [1.165, 1.54) is 0 Å². The summed E-state index contributed by atoms with van der Waals surface area (Å²) in [6, 6.07) is 0. The van der Waals surface area contributed by atoms with Crippen LogP contribution in [0, 0.1) is 31.1 Å². The molecular weight excluding hydrogens is 375 g/mol. The van der Waals surface area contributed by atoms with Crippen LogP contribution in [-0.2, 0) is 26.6 Å². The van der Waals surface area contributed by atoms with Crippen molar-refractivity contribution in [2.45, 2.75) is 6.92 Å². The molecular formula is C2H4O3UZn. The zero-order chi connectivity index (χ0) is 5.58. The fourth-order valence-corrected chi connectivity index (χ4v) is 0. The number of hydrogen-bond acceptors (Lipinski definition) is 2. The molecule has 1 N–H and O–H groups in total. The van der Waals surface area contributed by atoms with E-state index in [2.05, 4.69) is 0 Å². The van der Waals surface area contributed by atoms with Gasteiger partial charge in [0, 0.05) is 38.0 Å². The molecule has 3 nitrogen and oxygen atoms in total. The van der Waals surface area contributed by atoms with Crippen LogP contribution in [0.25, 0.3) is 0 Å². The van der Waals surface area contributed by atoms with Crippen molar-refractivity contribution in [3.8, 4) is 0 Å². The number of rotatable bonds is 0. The zero-order valence-electron chi connectivity index (χ0n) is 3.97. The van der Waals surface area contributed by atoms with Gasteiger partial charge in [-0.25, -0.2) is 0 Å². The molecule has 0 saturated heterocycles. The fourth-order valence-electron chi connectivity index (χ4n) is 0. The van der Waals surface area contributed by atoms with E-state index in [1.54, 1.807) is 0 Å². The first-order chi connectivity index (χ1) is 2.73. The van der Waals surface area contributed by atoms with Crippen LogP contribution in [0.3, 0.4) is 0 Å². The summed E-state index contributed by atoms with van der Waals surface area (Å²) in [5.41, 5.74) is 0. The molecule has 0 aliphatic rings. The second-order valence-corrected chi connectivity index (χ2v) is 0.519. The van der Waals surface area contributed by atoms with Crippen molar-refractivity contribution < 1.29 is 62.8 Å². The van der Waals surface area contributed by atoms with Gasteiger partial charge in [0.25, 0.3) is 5.97 Å². The third kappa shape index (κ3) is 190. The summed E-state index contributed by atoms with van der Waals surface area (Å²) in [5, 5.41) is 7.42. The minimum Gasteiger partial charge on any atom is 0 e. The van der Waals surface area contributed by atoms with E-state index in [-0.39, 0.29) is 49.4 Å². The summed E-state index contributed by atoms with van der Waals surface area (Å²) in [4.78, 5) is 9.00. The molecule has 0 aromatic rings.